The molecule has 6 nitrogen and oxygen atoms in total. The van der Waals surface area contributed by atoms with Gasteiger partial charge < -0.3 is 5.32 Å². The van der Waals surface area contributed by atoms with Crippen LogP contribution in [0.5, 0.6) is 0 Å². The highest BCUT2D eigenvalue weighted by Crippen LogP contribution is 2.22. The lowest BCUT2D eigenvalue weighted by atomic mass is 10.1. The maximum atomic E-state index is 11.5. The first kappa shape index (κ1) is 11.8. The molecule has 1 aromatic heterocycles. The Morgan fingerprint density at radius 3 is 2.63 bits per heavy atom. The number of fused-ring (bicyclic) bond motifs is 1. The van der Waals surface area contributed by atoms with Crippen molar-refractivity contribution in [3.63, 3.8) is 0 Å². The van der Waals surface area contributed by atoms with Crippen molar-refractivity contribution in [2.24, 2.45) is 0 Å². The van der Waals surface area contributed by atoms with Gasteiger partial charge in [-0.2, -0.15) is 0 Å². The highest BCUT2D eigenvalue weighted by atomic mass is 79.9. The number of carbonyl (C=O) groups excluding carboxylic acids is 2. The predicted molar refractivity (Wildman–Crippen MR) is 71.3 cm³/mol. The van der Waals surface area contributed by atoms with Crippen molar-refractivity contribution in [1.29, 1.82) is 0 Å². The third-order valence-electron chi connectivity index (χ3n) is 2.64. The van der Waals surface area contributed by atoms with Crippen molar-refractivity contribution < 1.29 is 9.59 Å². The Kier molecular flexibility index (Phi) is 2.75. The van der Waals surface area contributed by atoms with Crippen molar-refractivity contribution in [1.82, 2.24) is 15.3 Å². The second-order valence-corrected chi connectivity index (χ2v) is 4.71. The average Bonchev–Trinajstić information content (AvgIpc) is 2.65. The number of imide groups is 1. The highest BCUT2D eigenvalue weighted by molar-refractivity contribution is 9.10. The monoisotopic (exact) mass is 318 g/mol. The molecule has 0 spiro atoms. The van der Waals surface area contributed by atoms with Crippen LogP contribution >= 0.6 is 15.9 Å². The largest absolute Gasteiger partial charge is 0.340 e. The van der Waals surface area contributed by atoms with E-state index in [2.05, 4.69) is 36.5 Å². The smallest absolute Gasteiger partial charge is 0.259 e. The first-order valence-electron chi connectivity index (χ1n) is 5.38. The summed E-state index contributed by atoms with van der Waals surface area (Å²) in [5.74, 6) is -0.157. The molecule has 2 amide bonds. The van der Waals surface area contributed by atoms with Gasteiger partial charge in [-0.3, -0.25) is 14.9 Å². The summed E-state index contributed by atoms with van der Waals surface area (Å²) in [6.45, 7) is 0. The molecule has 94 valence electrons. The van der Waals surface area contributed by atoms with Crippen LogP contribution in [0.15, 0.2) is 35.2 Å². The number of hydrogen-bond donors (Lipinski definition) is 2. The van der Waals surface area contributed by atoms with Crippen LogP contribution in [0.3, 0.4) is 0 Å². The summed E-state index contributed by atoms with van der Waals surface area (Å²) < 4.78 is 0.652. The van der Waals surface area contributed by atoms with Crippen LogP contribution in [0.25, 0.3) is 0 Å². The molecule has 0 atom stereocenters. The lowest BCUT2D eigenvalue weighted by Crippen LogP contribution is -2.19. The quantitative estimate of drug-likeness (QED) is 0.652. The minimum absolute atomic E-state index is 0.364. The summed E-state index contributed by atoms with van der Waals surface area (Å²) in [6.07, 6.45) is 1.41. The van der Waals surface area contributed by atoms with E-state index in [1.807, 2.05) is 0 Å². The van der Waals surface area contributed by atoms with E-state index in [4.69, 9.17) is 0 Å². The maximum absolute atomic E-state index is 11.5. The van der Waals surface area contributed by atoms with Crippen LogP contribution in [-0.2, 0) is 0 Å². The lowest BCUT2D eigenvalue weighted by molar-refractivity contribution is 0.0879. The number of anilines is 2. The molecule has 0 aliphatic carbocycles. The zero-order valence-corrected chi connectivity index (χ0v) is 11.1. The van der Waals surface area contributed by atoms with Gasteiger partial charge in [0.15, 0.2) is 0 Å². The maximum Gasteiger partial charge on any atom is 0.259 e. The van der Waals surface area contributed by atoms with Gasteiger partial charge in [0.1, 0.15) is 16.7 Å². The van der Waals surface area contributed by atoms with E-state index in [1.165, 1.54) is 6.33 Å². The SMILES string of the molecule is O=C1NC(=O)c2cc(Nc3cc(Br)ncn3)ccc21. The van der Waals surface area contributed by atoms with E-state index in [0.29, 0.717) is 27.2 Å². The number of benzene rings is 1. The molecule has 1 aliphatic rings. The van der Waals surface area contributed by atoms with Crippen LogP contribution in [0.4, 0.5) is 11.5 Å². The molecule has 19 heavy (non-hydrogen) atoms. The van der Waals surface area contributed by atoms with E-state index in [1.54, 1.807) is 24.3 Å². The molecule has 0 unspecified atom stereocenters. The predicted octanol–water partition coefficient (Wildman–Crippen LogP) is 1.87. The van der Waals surface area contributed by atoms with Gasteiger partial charge in [0.05, 0.1) is 11.1 Å². The summed E-state index contributed by atoms with van der Waals surface area (Å²) in [5.41, 5.74) is 1.43. The van der Waals surface area contributed by atoms with Gasteiger partial charge in [-0.25, -0.2) is 9.97 Å². The first-order valence-corrected chi connectivity index (χ1v) is 6.17. The highest BCUT2D eigenvalue weighted by Gasteiger charge is 2.26. The number of nitrogens with zero attached hydrogens (tertiary/aromatic N) is 2. The van der Waals surface area contributed by atoms with Crippen LogP contribution in [0, 0.1) is 0 Å². The third kappa shape index (κ3) is 2.19. The number of carbonyl (C=O) groups is 2. The fourth-order valence-electron chi connectivity index (χ4n) is 1.80. The Balaban J connectivity index is 1.93. The fraction of sp³-hybridized carbons (Fsp3) is 0. The Morgan fingerprint density at radius 2 is 1.84 bits per heavy atom. The third-order valence-corrected chi connectivity index (χ3v) is 3.08. The Bertz CT molecular complexity index is 702. The Morgan fingerprint density at radius 1 is 1.05 bits per heavy atom. The van der Waals surface area contributed by atoms with Gasteiger partial charge in [0.2, 0.25) is 0 Å². The molecule has 2 aromatic rings. The molecule has 3 rings (SSSR count). The number of amides is 2. The van der Waals surface area contributed by atoms with Gasteiger partial charge >= 0.3 is 0 Å². The molecule has 2 N–H and O–H groups in total. The van der Waals surface area contributed by atoms with E-state index in [-0.39, 0.29) is 11.8 Å². The van der Waals surface area contributed by atoms with Crippen LogP contribution < -0.4 is 10.6 Å². The summed E-state index contributed by atoms with van der Waals surface area (Å²) in [6, 6.07) is 6.64. The summed E-state index contributed by atoms with van der Waals surface area (Å²) in [4.78, 5) is 30.9. The molecular formula is C12H7BrN4O2. The summed E-state index contributed by atoms with van der Waals surface area (Å²) >= 11 is 3.24. The number of nitrogens with one attached hydrogen (secondary N) is 2. The molecule has 1 aromatic carbocycles. The Hall–Kier alpha value is -2.28. The van der Waals surface area contributed by atoms with Crippen LogP contribution in [0.1, 0.15) is 20.7 Å². The topological polar surface area (TPSA) is 84.0 Å². The first-order chi connectivity index (χ1) is 9.13. The minimum atomic E-state index is -0.382. The van der Waals surface area contributed by atoms with Crippen molar-refractivity contribution in [2.75, 3.05) is 5.32 Å². The zero-order valence-electron chi connectivity index (χ0n) is 9.48. The molecule has 7 heteroatoms. The number of halogens is 1. The standard InChI is InChI=1S/C12H7BrN4O2/c13-9-4-10(15-5-14-9)16-6-1-2-7-8(3-6)12(19)17-11(7)18/h1-5H,(H,14,15,16)(H,17,18,19). The van der Waals surface area contributed by atoms with Gasteiger partial charge in [-0.05, 0) is 34.1 Å². The molecular weight excluding hydrogens is 312 g/mol. The van der Waals surface area contributed by atoms with Gasteiger partial charge in [-0.15, -0.1) is 0 Å². The van der Waals surface area contributed by atoms with Crippen molar-refractivity contribution in [3.05, 3.63) is 46.3 Å². The molecule has 1 aliphatic heterocycles. The number of hydrogen-bond acceptors (Lipinski definition) is 5. The zero-order chi connectivity index (χ0) is 13.4. The minimum Gasteiger partial charge on any atom is -0.340 e. The molecule has 0 saturated carbocycles. The second kappa shape index (κ2) is 4.43. The van der Waals surface area contributed by atoms with Crippen LogP contribution in [-0.4, -0.2) is 21.8 Å². The average molecular weight is 319 g/mol. The molecule has 0 saturated heterocycles. The normalized spacial score (nSPS) is 13.1. The molecule has 0 radical (unpaired) electrons. The fourth-order valence-corrected chi connectivity index (χ4v) is 2.10. The van der Waals surface area contributed by atoms with Crippen molar-refractivity contribution >= 4 is 39.2 Å². The van der Waals surface area contributed by atoms with Crippen molar-refractivity contribution in [3.8, 4) is 0 Å². The summed E-state index contributed by atoms with van der Waals surface area (Å²) in [7, 11) is 0. The van der Waals surface area contributed by atoms with E-state index in [0.717, 1.165) is 0 Å². The summed E-state index contributed by atoms with van der Waals surface area (Å²) in [5, 5.41) is 5.28. The lowest BCUT2D eigenvalue weighted by Gasteiger charge is -2.06. The van der Waals surface area contributed by atoms with E-state index in [9.17, 15) is 9.59 Å². The van der Waals surface area contributed by atoms with Crippen LogP contribution in [0.2, 0.25) is 0 Å². The van der Waals surface area contributed by atoms with E-state index >= 15 is 0 Å². The Labute approximate surface area is 116 Å². The number of rotatable bonds is 2. The molecule has 0 bridgehead atoms. The van der Waals surface area contributed by atoms with Gasteiger partial charge in [0.25, 0.3) is 11.8 Å². The van der Waals surface area contributed by atoms with Gasteiger partial charge in [-0.1, -0.05) is 0 Å². The van der Waals surface area contributed by atoms with Gasteiger partial charge in [0, 0.05) is 11.8 Å². The van der Waals surface area contributed by atoms with Crippen molar-refractivity contribution in [2.45, 2.75) is 0 Å². The second-order valence-electron chi connectivity index (χ2n) is 3.89. The molecule has 0 fully saturated rings. The van der Waals surface area contributed by atoms with E-state index < -0.39 is 0 Å². The molecule has 2 heterocycles. The number of aromatic nitrogens is 2.